The largest absolute Gasteiger partial charge is 0.350 e. The highest BCUT2D eigenvalue weighted by molar-refractivity contribution is 7.89. The van der Waals surface area contributed by atoms with Crippen LogP contribution in [0.5, 0.6) is 0 Å². The fourth-order valence-corrected chi connectivity index (χ4v) is 4.85. The lowest BCUT2D eigenvalue weighted by Gasteiger charge is -2.29. The Morgan fingerprint density at radius 2 is 1.51 bits per heavy atom. The van der Waals surface area contributed by atoms with E-state index in [1.807, 2.05) is 30.3 Å². The normalized spacial score (nSPS) is 12.1. The molecule has 2 N–H and O–H groups in total. The maximum absolute atomic E-state index is 13.4. The van der Waals surface area contributed by atoms with E-state index in [1.54, 1.807) is 38.1 Å². The third kappa shape index (κ3) is 8.23. The molecular weight excluding hydrogens is 493 g/mol. The van der Waals surface area contributed by atoms with Gasteiger partial charge in [-0.25, -0.2) is 17.5 Å². The number of benzene rings is 3. The van der Waals surface area contributed by atoms with E-state index in [0.29, 0.717) is 25.1 Å². The highest BCUT2D eigenvalue weighted by Gasteiger charge is 2.26. The quantitative estimate of drug-likeness (QED) is 0.376. The van der Waals surface area contributed by atoms with Crippen molar-refractivity contribution >= 4 is 21.8 Å². The molecule has 196 valence electrons. The molecule has 0 fully saturated rings. The van der Waals surface area contributed by atoms with Gasteiger partial charge in [0.15, 0.2) is 0 Å². The van der Waals surface area contributed by atoms with Crippen molar-refractivity contribution < 1.29 is 22.4 Å². The zero-order valence-corrected chi connectivity index (χ0v) is 21.8. The highest BCUT2D eigenvalue weighted by Crippen LogP contribution is 2.16. The number of hydrogen-bond acceptors (Lipinski definition) is 4. The van der Waals surface area contributed by atoms with Gasteiger partial charge >= 0.3 is 0 Å². The lowest BCUT2D eigenvalue weighted by atomic mass is 10.1. The van der Waals surface area contributed by atoms with Crippen LogP contribution in [0.2, 0.25) is 0 Å². The van der Waals surface area contributed by atoms with Gasteiger partial charge in [0, 0.05) is 26.1 Å². The van der Waals surface area contributed by atoms with E-state index in [9.17, 15) is 22.4 Å². The van der Waals surface area contributed by atoms with E-state index in [0.717, 1.165) is 11.1 Å². The minimum absolute atomic E-state index is 0.122. The summed E-state index contributed by atoms with van der Waals surface area (Å²) in [5, 5.41) is 2.88. The van der Waals surface area contributed by atoms with Gasteiger partial charge in [-0.05, 0) is 54.3 Å². The van der Waals surface area contributed by atoms with E-state index in [-0.39, 0.29) is 35.5 Å². The number of aryl methyl sites for hydroxylation is 1. The Labute approximate surface area is 217 Å². The molecule has 0 spiro atoms. The van der Waals surface area contributed by atoms with Gasteiger partial charge in [0.25, 0.3) is 0 Å². The summed E-state index contributed by atoms with van der Waals surface area (Å²) in [7, 11) is -3.55. The zero-order chi connectivity index (χ0) is 26.8. The van der Waals surface area contributed by atoms with Crippen LogP contribution in [-0.4, -0.2) is 37.7 Å². The van der Waals surface area contributed by atoms with Crippen molar-refractivity contribution in [2.24, 2.45) is 0 Å². The molecule has 0 heterocycles. The summed E-state index contributed by atoms with van der Waals surface area (Å²) in [6, 6.07) is 20.9. The maximum Gasteiger partial charge on any atom is 0.242 e. The summed E-state index contributed by atoms with van der Waals surface area (Å²) in [5.74, 6) is -0.914. The van der Waals surface area contributed by atoms with E-state index in [1.165, 1.54) is 29.2 Å². The van der Waals surface area contributed by atoms with Crippen LogP contribution in [0.1, 0.15) is 37.0 Å². The summed E-state index contributed by atoms with van der Waals surface area (Å²) < 4.78 is 40.1. The molecular formula is C28H32FN3O4S. The number of carbonyl (C=O) groups excluding carboxylic acids is 2. The smallest absolute Gasteiger partial charge is 0.242 e. The molecule has 0 bridgehead atoms. The molecule has 0 saturated heterocycles. The first kappa shape index (κ1) is 28.0. The molecule has 3 aromatic rings. The lowest BCUT2D eigenvalue weighted by Crippen LogP contribution is -2.47. The van der Waals surface area contributed by atoms with Crippen LogP contribution in [-0.2, 0) is 39.1 Å². The second kappa shape index (κ2) is 13.1. The van der Waals surface area contributed by atoms with Crippen molar-refractivity contribution in [3.63, 3.8) is 0 Å². The van der Waals surface area contributed by atoms with Crippen molar-refractivity contribution in [1.29, 1.82) is 0 Å². The fraction of sp³-hybridized carbons (Fsp3) is 0.286. The molecule has 0 unspecified atom stereocenters. The number of rotatable bonds is 12. The first-order valence-corrected chi connectivity index (χ1v) is 13.6. The monoisotopic (exact) mass is 525 g/mol. The van der Waals surface area contributed by atoms with E-state index in [4.69, 9.17) is 0 Å². The Morgan fingerprint density at radius 1 is 0.892 bits per heavy atom. The Morgan fingerprint density at radius 3 is 2.14 bits per heavy atom. The Bertz CT molecular complexity index is 1280. The minimum Gasteiger partial charge on any atom is -0.350 e. The molecule has 0 aliphatic carbocycles. The first-order valence-electron chi connectivity index (χ1n) is 12.1. The lowest BCUT2D eigenvalue weighted by molar-refractivity contribution is -0.140. The van der Waals surface area contributed by atoms with Crippen LogP contribution in [0.3, 0.4) is 0 Å². The molecule has 0 aromatic heterocycles. The standard InChI is InChI=1S/C28H32FN3O4S/c1-3-31-37(35,36)26-16-11-22(12-17-26)13-18-27(33)32(20-24-9-14-25(29)15-10-24)21(2)28(34)30-19-23-7-5-4-6-8-23/h4-12,14-17,21,31H,3,13,18-20H2,1-2H3,(H,30,34)/t21-/m0/s1. The van der Waals surface area contributed by atoms with Crippen LogP contribution < -0.4 is 10.0 Å². The first-order chi connectivity index (χ1) is 17.7. The number of sulfonamides is 1. The predicted molar refractivity (Wildman–Crippen MR) is 140 cm³/mol. The third-order valence-electron chi connectivity index (χ3n) is 5.94. The van der Waals surface area contributed by atoms with Crippen LogP contribution in [0, 0.1) is 5.82 Å². The Kier molecular flexibility index (Phi) is 9.93. The van der Waals surface area contributed by atoms with Crippen LogP contribution in [0.15, 0.2) is 83.8 Å². The van der Waals surface area contributed by atoms with Gasteiger partial charge in [0.2, 0.25) is 21.8 Å². The molecule has 3 aromatic carbocycles. The molecule has 7 nitrogen and oxygen atoms in total. The average molecular weight is 526 g/mol. The number of nitrogens with zero attached hydrogens (tertiary/aromatic N) is 1. The van der Waals surface area contributed by atoms with Crippen molar-refractivity contribution in [2.45, 2.75) is 50.7 Å². The van der Waals surface area contributed by atoms with E-state index in [2.05, 4.69) is 10.0 Å². The SMILES string of the molecule is CCNS(=O)(=O)c1ccc(CCC(=O)N(Cc2ccc(F)cc2)[C@@H](C)C(=O)NCc2ccccc2)cc1. The van der Waals surface area contributed by atoms with Gasteiger partial charge in [0.05, 0.1) is 4.90 Å². The van der Waals surface area contributed by atoms with E-state index < -0.39 is 16.1 Å². The molecule has 0 aliphatic heterocycles. The summed E-state index contributed by atoms with van der Waals surface area (Å²) in [4.78, 5) is 27.9. The topological polar surface area (TPSA) is 95.6 Å². The predicted octanol–water partition coefficient (Wildman–Crippen LogP) is 3.79. The molecule has 0 saturated carbocycles. The number of nitrogens with one attached hydrogen (secondary N) is 2. The number of hydrogen-bond donors (Lipinski definition) is 2. The van der Waals surface area contributed by atoms with Gasteiger partial charge in [-0.15, -0.1) is 0 Å². The van der Waals surface area contributed by atoms with Gasteiger partial charge < -0.3 is 10.2 Å². The second-order valence-corrected chi connectivity index (χ2v) is 10.4. The number of amides is 2. The van der Waals surface area contributed by atoms with Gasteiger partial charge in [-0.1, -0.05) is 61.5 Å². The average Bonchev–Trinajstić information content (AvgIpc) is 2.90. The molecule has 9 heteroatoms. The molecule has 0 aliphatic rings. The van der Waals surface area contributed by atoms with Crippen LogP contribution in [0.25, 0.3) is 0 Å². The van der Waals surface area contributed by atoms with Crippen LogP contribution in [0.4, 0.5) is 4.39 Å². The number of carbonyl (C=O) groups is 2. The molecule has 37 heavy (non-hydrogen) atoms. The summed E-state index contributed by atoms with van der Waals surface area (Å²) in [6.45, 7) is 4.16. The molecule has 2 amide bonds. The maximum atomic E-state index is 13.4. The number of halogens is 1. The molecule has 0 radical (unpaired) electrons. The highest BCUT2D eigenvalue weighted by atomic mass is 32.2. The van der Waals surface area contributed by atoms with Gasteiger partial charge in [-0.2, -0.15) is 0 Å². The second-order valence-electron chi connectivity index (χ2n) is 8.67. The molecule has 1 atom stereocenters. The fourth-order valence-electron chi connectivity index (χ4n) is 3.81. The van der Waals surface area contributed by atoms with Gasteiger partial charge in [0.1, 0.15) is 11.9 Å². The van der Waals surface area contributed by atoms with Gasteiger partial charge in [-0.3, -0.25) is 9.59 Å². The van der Waals surface area contributed by atoms with Crippen molar-refractivity contribution in [3.05, 3.63) is 101 Å². The third-order valence-corrected chi connectivity index (χ3v) is 7.50. The zero-order valence-electron chi connectivity index (χ0n) is 21.0. The van der Waals surface area contributed by atoms with E-state index >= 15 is 0 Å². The Balaban J connectivity index is 1.69. The van der Waals surface area contributed by atoms with Crippen molar-refractivity contribution in [3.8, 4) is 0 Å². The van der Waals surface area contributed by atoms with Crippen molar-refractivity contribution in [1.82, 2.24) is 14.9 Å². The van der Waals surface area contributed by atoms with Crippen molar-refractivity contribution in [2.75, 3.05) is 6.54 Å². The van der Waals surface area contributed by atoms with Crippen LogP contribution >= 0.6 is 0 Å². The Hall–Kier alpha value is -3.56. The summed E-state index contributed by atoms with van der Waals surface area (Å²) in [6.07, 6.45) is 0.495. The minimum atomic E-state index is -3.55. The summed E-state index contributed by atoms with van der Waals surface area (Å²) >= 11 is 0. The molecule has 3 rings (SSSR count). The summed E-state index contributed by atoms with van der Waals surface area (Å²) in [5.41, 5.74) is 2.45.